The summed E-state index contributed by atoms with van der Waals surface area (Å²) in [5.74, 6) is 0.137. The minimum Gasteiger partial charge on any atom is -0.347 e. The van der Waals surface area contributed by atoms with E-state index in [4.69, 9.17) is 5.73 Å². The lowest BCUT2D eigenvalue weighted by atomic mass is 10.1. The number of nitrogens with zero attached hydrogens (tertiary/aromatic N) is 2. The Morgan fingerprint density at radius 1 is 1.53 bits per heavy atom. The van der Waals surface area contributed by atoms with Crippen LogP contribution in [0.5, 0.6) is 0 Å². The predicted octanol–water partition coefficient (Wildman–Crippen LogP) is 1.27. The van der Waals surface area contributed by atoms with Crippen molar-refractivity contribution in [2.45, 2.75) is 51.1 Å². The molecule has 2 unspecified atom stereocenters. The molecule has 5 nitrogen and oxygen atoms in total. The average Bonchev–Trinajstić information content (AvgIpc) is 2.87. The van der Waals surface area contributed by atoms with Gasteiger partial charge in [-0.15, -0.1) is 5.10 Å². The van der Waals surface area contributed by atoms with E-state index in [-0.39, 0.29) is 23.9 Å². The highest BCUT2D eigenvalue weighted by molar-refractivity contribution is 7.08. The van der Waals surface area contributed by atoms with E-state index in [1.807, 2.05) is 13.8 Å². The molecule has 6 heteroatoms. The summed E-state index contributed by atoms with van der Waals surface area (Å²) < 4.78 is 3.86. The van der Waals surface area contributed by atoms with Crippen molar-refractivity contribution in [1.29, 1.82) is 0 Å². The van der Waals surface area contributed by atoms with Gasteiger partial charge in [0.25, 0.3) is 5.91 Å². The normalized spacial score (nSPS) is 24.2. The number of hydrogen-bond acceptors (Lipinski definition) is 5. The van der Waals surface area contributed by atoms with E-state index in [1.165, 1.54) is 0 Å². The molecule has 1 amide bonds. The molecule has 0 radical (unpaired) electrons. The van der Waals surface area contributed by atoms with Crippen molar-refractivity contribution < 1.29 is 4.79 Å². The smallest absolute Gasteiger partial charge is 0.265 e. The van der Waals surface area contributed by atoms with Crippen LogP contribution < -0.4 is 11.1 Å². The zero-order valence-electron chi connectivity index (χ0n) is 10.1. The maximum atomic E-state index is 12.1. The Labute approximate surface area is 105 Å². The van der Waals surface area contributed by atoms with Gasteiger partial charge in [-0.2, -0.15) is 0 Å². The molecule has 1 aliphatic rings. The molecule has 17 heavy (non-hydrogen) atoms. The summed E-state index contributed by atoms with van der Waals surface area (Å²) in [5.41, 5.74) is 6.71. The lowest BCUT2D eigenvalue weighted by Gasteiger charge is -2.16. The summed E-state index contributed by atoms with van der Waals surface area (Å²) in [7, 11) is 0. The molecule has 0 aliphatic heterocycles. The number of rotatable bonds is 3. The van der Waals surface area contributed by atoms with E-state index in [9.17, 15) is 4.79 Å². The summed E-state index contributed by atoms with van der Waals surface area (Å²) in [4.78, 5) is 12.7. The maximum Gasteiger partial charge on any atom is 0.265 e. The fourth-order valence-electron chi connectivity index (χ4n) is 2.13. The van der Waals surface area contributed by atoms with Crippen LogP contribution in [0.25, 0.3) is 0 Å². The van der Waals surface area contributed by atoms with Crippen LogP contribution in [0.1, 0.15) is 54.4 Å². The van der Waals surface area contributed by atoms with Crippen LogP contribution in [-0.2, 0) is 0 Å². The molecule has 1 fully saturated rings. The Kier molecular flexibility index (Phi) is 3.73. The lowest BCUT2D eigenvalue weighted by Crippen LogP contribution is -2.44. The van der Waals surface area contributed by atoms with Crippen molar-refractivity contribution in [2.24, 2.45) is 5.73 Å². The molecule has 0 bridgehead atoms. The van der Waals surface area contributed by atoms with E-state index in [0.29, 0.717) is 4.88 Å². The zero-order chi connectivity index (χ0) is 12.4. The molecule has 0 aromatic carbocycles. The van der Waals surface area contributed by atoms with Crippen molar-refractivity contribution in [3.63, 3.8) is 0 Å². The highest BCUT2D eigenvalue weighted by atomic mass is 32.1. The third kappa shape index (κ3) is 2.63. The molecule has 94 valence electrons. The van der Waals surface area contributed by atoms with Crippen LogP contribution in [0.15, 0.2) is 0 Å². The first-order chi connectivity index (χ1) is 8.09. The number of amides is 1. The van der Waals surface area contributed by atoms with Crippen LogP contribution in [0.2, 0.25) is 0 Å². The number of carbonyl (C=O) groups excluding carboxylic acids is 1. The van der Waals surface area contributed by atoms with E-state index in [0.717, 1.165) is 36.5 Å². The van der Waals surface area contributed by atoms with Gasteiger partial charge < -0.3 is 11.1 Å². The van der Waals surface area contributed by atoms with Gasteiger partial charge in [0, 0.05) is 12.1 Å². The second-order valence-corrected chi connectivity index (χ2v) is 5.57. The molecule has 2 atom stereocenters. The molecule has 0 spiro atoms. The molecule has 1 aromatic heterocycles. The molecular weight excluding hydrogens is 236 g/mol. The van der Waals surface area contributed by atoms with Crippen LogP contribution in [-0.4, -0.2) is 27.6 Å². The first kappa shape index (κ1) is 12.4. The second kappa shape index (κ2) is 5.10. The second-order valence-electron chi connectivity index (χ2n) is 4.82. The molecule has 1 saturated carbocycles. The van der Waals surface area contributed by atoms with E-state index in [2.05, 4.69) is 14.9 Å². The number of nitrogens with two attached hydrogens (primary N) is 1. The Balaban J connectivity index is 2.06. The Hall–Kier alpha value is -1.01. The van der Waals surface area contributed by atoms with Gasteiger partial charge in [-0.3, -0.25) is 4.79 Å². The van der Waals surface area contributed by atoms with Crippen LogP contribution in [0.4, 0.5) is 0 Å². The molecule has 1 heterocycles. The number of aromatic nitrogens is 2. The first-order valence-electron chi connectivity index (χ1n) is 5.98. The summed E-state index contributed by atoms with van der Waals surface area (Å²) in [6.45, 7) is 4.02. The molecule has 3 N–H and O–H groups in total. The third-order valence-electron chi connectivity index (χ3n) is 3.15. The fourth-order valence-corrected chi connectivity index (χ4v) is 2.86. The van der Waals surface area contributed by atoms with Gasteiger partial charge in [0.15, 0.2) is 0 Å². The fraction of sp³-hybridized carbons (Fsp3) is 0.727. The zero-order valence-corrected chi connectivity index (χ0v) is 11.0. The minimum absolute atomic E-state index is 0.0777. The molecule has 1 aliphatic carbocycles. The topological polar surface area (TPSA) is 80.9 Å². The van der Waals surface area contributed by atoms with Crippen molar-refractivity contribution in [2.75, 3.05) is 0 Å². The van der Waals surface area contributed by atoms with Gasteiger partial charge in [-0.25, -0.2) is 0 Å². The molecule has 2 rings (SSSR count). The summed E-state index contributed by atoms with van der Waals surface area (Å²) in [5, 5.41) is 7.00. The van der Waals surface area contributed by atoms with Gasteiger partial charge in [-0.1, -0.05) is 18.3 Å². The Morgan fingerprint density at radius 2 is 2.29 bits per heavy atom. The average molecular weight is 254 g/mol. The minimum atomic E-state index is -0.0777. The van der Waals surface area contributed by atoms with E-state index < -0.39 is 0 Å². The largest absolute Gasteiger partial charge is 0.347 e. The van der Waals surface area contributed by atoms with E-state index >= 15 is 0 Å². The quantitative estimate of drug-likeness (QED) is 0.851. The van der Waals surface area contributed by atoms with Gasteiger partial charge in [0.2, 0.25) is 0 Å². The van der Waals surface area contributed by atoms with Crippen molar-refractivity contribution in [3.05, 3.63) is 10.6 Å². The first-order valence-corrected chi connectivity index (χ1v) is 6.75. The highest BCUT2D eigenvalue weighted by Crippen LogP contribution is 2.22. The van der Waals surface area contributed by atoms with Crippen molar-refractivity contribution >= 4 is 17.4 Å². The lowest BCUT2D eigenvalue weighted by molar-refractivity contribution is 0.0937. The van der Waals surface area contributed by atoms with Gasteiger partial charge in [0.1, 0.15) is 4.88 Å². The summed E-state index contributed by atoms with van der Waals surface area (Å²) in [6.07, 6.45) is 3.04. The summed E-state index contributed by atoms with van der Waals surface area (Å²) in [6, 6.07) is 0.187. The highest BCUT2D eigenvalue weighted by Gasteiger charge is 2.27. The number of carbonyl (C=O) groups is 1. The summed E-state index contributed by atoms with van der Waals surface area (Å²) >= 11 is 1.16. The molecular formula is C11H18N4OS. The van der Waals surface area contributed by atoms with Crippen LogP contribution in [0.3, 0.4) is 0 Å². The number of hydrogen-bond donors (Lipinski definition) is 2. The van der Waals surface area contributed by atoms with Crippen LogP contribution in [0, 0.1) is 0 Å². The van der Waals surface area contributed by atoms with Gasteiger partial charge >= 0.3 is 0 Å². The molecule has 0 saturated heterocycles. The van der Waals surface area contributed by atoms with Gasteiger partial charge in [0.05, 0.1) is 5.69 Å². The third-order valence-corrected chi connectivity index (χ3v) is 3.89. The van der Waals surface area contributed by atoms with Crippen molar-refractivity contribution in [1.82, 2.24) is 14.9 Å². The standard InChI is InChI=1S/C11H18N4OS/c1-6(2)9-10(17-15-14-9)11(16)13-8-5-3-4-7(8)12/h6-8H,3-5,12H2,1-2H3,(H,13,16). The monoisotopic (exact) mass is 254 g/mol. The predicted molar refractivity (Wildman–Crippen MR) is 67.1 cm³/mol. The Bertz CT molecular complexity index is 404. The van der Waals surface area contributed by atoms with Crippen LogP contribution >= 0.6 is 11.5 Å². The SMILES string of the molecule is CC(C)c1nnsc1C(=O)NC1CCCC1N. The van der Waals surface area contributed by atoms with Crippen molar-refractivity contribution in [3.8, 4) is 0 Å². The van der Waals surface area contributed by atoms with E-state index in [1.54, 1.807) is 0 Å². The molecule has 1 aromatic rings. The van der Waals surface area contributed by atoms with Gasteiger partial charge in [-0.05, 0) is 36.7 Å². The Morgan fingerprint density at radius 3 is 2.88 bits per heavy atom. The number of nitrogens with one attached hydrogen (secondary N) is 1. The maximum absolute atomic E-state index is 12.1.